The maximum absolute atomic E-state index is 5.64. The second-order valence-electron chi connectivity index (χ2n) is 3.15. The Labute approximate surface area is 92.6 Å². The highest BCUT2D eigenvalue weighted by atomic mass is 35.5. The van der Waals surface area contributed by atoms with Crippen LogP contribution in [0.3, 0.4) is 0 Å². The van der Waals surface area contributed by atoms with Crippen molar-refractivity contribution < 1.29 is 9.26 Å². The lowest BCUT2D eigenvalue weighted by Gasteiger charge is -2.00. The molecule has 15 heavy (non-hydrogen) atoms. The minimum absolute atomic E-state index is 0.297. The van der Waals surface area contributed by atoms with Crippen LogP contribution in [0.2, 0.25) is 5.22 Å². The highest BCUT2D eigenvalue weighted by Crippen LogP contribution is 2.21. The van der Waals surface area contributed by atoms with Crippen molar-refractivity contribution in [1.29, 1.82) is 0 Å². The van der Waals surface area contributed by atoms with Gasteiger partial charge in [-0.15, -0.1) is 0 Å². The van der Waals surface area contributed by atoms with Gasteiger partial charge in [-0.3, -0.25) is 0 Å². The van der Waals surface area contributed by atoms with E-state index in [1.807, 2.05) is 24.3 Å². The van der Waals surface area contributed by atoms with Crippen LogP contribution in [0.5, 0.6) is 0 Å². The molecule has 3 nitrogen and oxygen atoms in total. The second kappa shape index (κ2) is 4.47. The number of hydrogen-bond donors (Lipinski definition) is 0. The molecular weight excluding hydrogens is 214 g/mol. The third kappa shape index (κ3) is 2.37. The van der Waals surface area contributed by atoms with Gasteiger partial charge in [0.2, 0.25) is 5.22 Å². The Kier molecular flexibility index (Phi) is 3.04. The van der Waals surface area contributed by atoms with Crippen LogP contribution in [0.15, 0.2) is 34.9 Å². The first-order valence-corrected chi connectivity index (χ1v) is 4.88. The number of rotatable bonds is 3. The third-order valence-electron chi connectivity index (χ3n) is 2.04. The molecule has 0 spiro atoms. The Hall–Kier alpha value is -1.32. The molecule has 0 bridgehead atoms. The highest BCUT2D eigenvalue weighted by molar-refractivity contribution is 6.29. The first kappa shape index (κ1) is 10.2. The lowest BCUT2D eigenvalue weighted by molar-refractivity contribution is 0.185. The van der Waals surface area contributed by atoms with Gasteiger partial charge in [0.1, 0.15) is 5.69 Å². The van der Waals surface area contributed by atoms with E-state index in [-0.39, 0.29) is 0 Å². The summed E-state index contributed by atoms with van der Waals surface area (Å²) < 4.78 is 9.81. The Morgan fingerprint density at radius 2 is 2.07 bits per heavy atom. The molecule has 0 saturated heterocycles. The topological polar surface area (TPSA) is 35.3 Å². The molecule has 0 aliphatic rings. The third-order valence-corrected chi connectivity index (χ3v) is 2.22. The Morgan fingerprint density at radius 3 is 2.60 bits per heavy atom. The van der Waals surface area contributed by atoms with Crippen molar-refractivity contribution in [2.24, 2.45) is 0 Å². The van der Waals surface area contributed by atoms with Gasteiger partial charge in [0.25, 0.3) is 0 Å². The summed E-state index contributed by atoms with van der Waals surface area (Å²) in [5.74, 6) is 0. The minimum Gasteiger partial charge on any atom is -0.380 e. The average molecular weight is 224 g/mol. The standard InChI is InChI=1S/C11H10ClNO2/c1-14-7-8-2-4-9(5-3-8)10-6-11(12)15-13-10/h2-6H,7H2,1H3. The fraction of sp³-hybridized carbons (Fsp3) is 0.182. The van der Waals surface area contributed by atoms with Gasteiger partial charge in [0.15, 0.2) is 0 Å². The molecular formula is C11H10ClNO2. The number of benzene rings is 1. The quantitative estimate of drug-likeness (QED) is 0.802. The van der Waals surface area contributed by atoms with E-state index >= 15 is 0 Å². The molecule has 2 aromatic rings. The number of methoxy groups -OCH3 is 1. The number of nitrogens with zero attached hydrogens (tertiary/aromatic N) is 1. The summed E-state index contributed by atoms with van der Waals surface area (Å²) in [7, 11) is 1.67. The lowest BCUT2D eigenvalue weighted by Crippen LogP contribution is -1.86. The average Bonchev–Trinajstić information content (AvgIpc) is 2.67. The summed E-state index contributed by atoms with van der Waals surface area (Å²) >= 11 is 5.64. The molecule has 0 aliphatic carbocycles. The fourth-order valence-corrected chi connectivity index (χ4v) is 1.47. The van der Waals surface area contributed by atoms with Crippen LogP contribution in [0.1, 0.15) is 5.56 Å². The van der Waals surface area contributed by atoms with Crippen molar-refractivity contribution >= 4 is 11.6 Å². The minimum atomic E-state index is 0.297. The van der Waals surface area contributed by atoms with Gasteiger partial charge in [-0.1, -0.05) is 29.4 Å². The van der Waals surface area contributed by atoms with E-state index in [9.17, 15) is 0 Å². The highest BCUT2D eigenvalue weighted by Gasteiger charge is 2.04. The zero-order chi connectivity index (χ0) is 10.7. The molecule has 4 heteroatoms. The molecule has 0 aliphatic heterocycles. The van der Waals surface area contributed by atoms with Gasteiger partial charge in [-0.2, -0.15) is 0 Å². The van der Waals surface area contributed by atoms with Crippen molar-refractivity contribution in [3.8, 4) is 11.3 Å². The van der Waals surface area contributed by atoms with E-state index in [0.29, 0.717) is 11.8 Å². The zero-order valence-corrected chi connectivity index (χ0v) is 8.99. The summed E-state index contributed by atoms with van der Waals surface area (Å²) in [6.45, 7) is 0.611. The Bertz CT molecular complexity index is 436. The van der Waals surface area contributed by atoms with Gasteiger partial charge in [0.05, 0.1) is 6.61 Å². The number of ether oxygens (including phenoxy) is 1. The van der Waals surface area contributed by atoms with Crippen molar-refractivity contribution in [3.63, 3.8) is 0 Å². The monoisotopic (exact) mass is 223 g/mol. The largest absolute Gasteiger partial charge is 0.380 e. The summed E-state index contributed by atoms with van der Waals surface area (Å²) in [5, 5.41) is 4.12. The predicted molar refractivity (Wildman–Crippen MR) is 57.7 cm³/mol. The van der Waals surface area contributed by atoms with Crippen LogP contribution in [-0.4, -0.2) is 12.3 Å². The molecule has 0 N–H and O–H groups in total. The Morgan fingerprint density at radius 1 is 1.33 bits per heavy atom. The molecule has 1 aromatic heterocycles. The van der Waals surface area contributed by atoms with Crippen LogP contribution >= 0.6 is 11.6 Å². The van der Waals surface area contributed by atoms with Gasteiger partial charge in [-0.05, 0) is 17.2 Å². The van der Waals surface area contributed by atoms with E-state index < -0.39 is 0 Å². The van der Waals surface area contributed by atoms with E-state index in [2.05, 4.69) is 5.16 Å². The maximum atomic E-state index is 5.64. The smallest absolute Gasteiger partial charge is 0.226 e. The molecule has 0 unspecified atom stereocenters. The van der Waals surface area contributed by atoms with Gasteiger partial charge in [0, 0.05) is 18.7 Å². The van der Waals surface area contributed by atoms with E-state index in [1.165, 1.54) is 0 Å². The van der Waals surface area contributed by atoms with Crippen molar-refractivity contribution in [2.75, 3.05) is 7.11 Å². The zero-order valence-electron chi connectivity index (χ0n) is 8.24. The van der Waals surface area contributed by atoms with Crippen LogP contribution in [0, 0.1) is 0 Å². The molecule has 0 radical (unpaired) electrons. The first-order valence-electron chi connectivity index (χ1n) is 4.50. The van der Waals surface area contributed by atoms with Crippen LogP contribution in [-0.2, 0) is 11.3 Å². The molecule has 0 amide bonds. The van der Waals surface area contributed by atoms with Crippen molar-refractivity contribution in [1.82, 2.24) is 5.16 Å². The van der Waals surface area contributed by atoms with E-state index in [0.717, 1.165) is 16.8 Å². The summed E-state index contributed by atoms with van der Waals surface area (Å²) in [5.41, 5.74) is 2.84. The first-order chi connectivity index (χ1) is 7.29. The fourth-order valence-electron chi connectivity index (χ4n) is 1.33. The van der Waals surface area contributed by atoms with Crippen LogP contribution < -0.4 is 0 Å². The van der Waals surface area contributed by atoms with Gasteiger partial charge in [-0.25, -0.2) is 0 Å². The molecule has 1 aromatic carbocycles. The van der Waals surface area contributed by atoms with Crippen LogP contribution in [0.4, 0.5) is 0 Å². The van der Waals surface area contributed by atoms with E-state index in [1.54, 1.807) is 13.2 Å². The maximum Gasteiger partial charge on any atom is 0.226 e. The normalized spacial score (nSPS) is 10.5. The van der Waals surface area contributed by atoms with Crippen molar-refractivity contribution in [3.05, 3.63) is 41.1 Å². The second-order valence-corrected chi connectivity index (χ2v) is 3.52. The lowest BCUT2D eigenvalue weighted by atomic mass is 10.1. The summed E-state index contributed by atoms with van der Waals surface area (Å²) in [6, 6.07) is 9.58. The molecule has 1 heterocycles. The summed E-state index contributed by atoms with van der Waals surface area (Å²) in [6.07, 6.45) is 0. The number of halogens is 1. The van der Waals surface area contributed by atoms with Gasteiger partial charge < -0.3 is 9.26 Å². The van der Waals surface area contributed by atoms with Crippen LogP contribution in [0.25, 0.3) is 11.3 Å². The molecule has 0 atom stereocenters. The van der Waals surface area contributed by atoms with Gasteiger partial charge >= 0.3 is 0 Å². The molecule has 2 rings (SSSR count). The number of hydrogen-bond acceptors (Lipinski definition) is 3. The summed E-state index contributed by atoms with van der Waals surface area (Å²) in [4.78, 5) is 0. The van der Waals surface area contributed by atoms with Crippen molar-refractivity contribution in [2.45, 2.75) is 6.61 Å². The van der Waals surface area contributed by atoms with E-state index in [4.69, 9.17) is 20.9 Å². The molecule has 78 valence electrons. The Balaban J connectivity index is 2.23. The predicted octanol–water partition coefficient (Wildman–Crippen LogP) is 3.14. The molecule has 0 saturated carbocycles. The number of aromatic nitrogens is 1. The SMILES string of the molecule is COCc1ccc(-c2cc(Cl)on2)cc1. The molecule has 0 fully saturated rings.